The standard InChI is InChI=1S/C8H16N2O3/c1-9(2)5-6-10(3)7(11)8(12)13-4/h5-6H2,1-4H3. The molecule has 1 amide bonds. The first-order chi connectivity index (χ1) is 5.99. The largest absolute Gasteiger partial charge is 0.462 e. The molecule has 0 atom stereocenters. The minimum absolute atomic E-state index is 0.515. The second-order valence-corrected chi connectivity index (χ2v) is 3.02. The van der Waals surface area contributed by atoms with E-state index in [-0.39, 0.29) is 0 Å². The highest BCUT2D eigenvalue weighted by Gasteiger charge is 2.18. The van der Waals surface area contributed by atoms with E-state index >= 15 is 0 Å². The molecule has 0 unspecified atom stereocenters. The number of hydrogen-bond acceptors (Lipinski definition) is 4. The van der Waals surface area contributed by atoms with Crippen molar-refractivity contribution in [2.24, 2.45) is 0 Å². The fourth-order valence-corrected chi connectivity index (χ4v) is 0.695. The van der Waals surface area contributed by atoms with Gasteiger partial charge in [-0.25, -0.2) is 4.79 Å². The van der Waals surface area contributed by atoms with Gasteiger partial charge in [-0.3, -0.25) is 4.79 Å². The minimum Gasteiger partial charge on any atom is -0.462 e. The van der Waals surface area contributed by atoms with E-state index in [4.69, 9.17) is 0 Å². The highest BCUT2D eigenvalue weighted by atomic mass is 16.5. The molecular weight excluding hydrogens is 172 g/mol. The number of carbonyl (C=O) groups is 2. The van der Waals surface area contributed by atoms with Crippen molar-refractivity contribution in [2.45, 2.75) is 0 Å². The number of amides is 1. The van der Waals surface area contributed by atoms with Crippen LogP contribution in [0.15, 0.2) is 0 Å². The third-order valence-electron chi connectivity index (χ3n) is 1.59. The van der Waals surface area contributed by atoms with Crippen molar-refractivity contribution in [1.82, 2.24) is 9.80 Å². The van der Waals surface area contributed by atoms with Gasteiger partial charge in [0.25, 0.3) is 0 Å². The average molecular weight is 188 g/mol. The SMILES string of the molecule is COC(=O)C(=O)N(C)CCN(C)C. The Kier molecular flexibility index (Phi) is 5.06. The van der Waals surface area contributed by atoms with E-state index in [2.05, 4.69) is 4.74 Å². The zero-order chi connectivity index (χ0) is 10.4. The highest BCUT2D eigenvalue weighted by Crippen LogP contribution is 1.88. The average Bonchev–Trinajstić information content (AvgIpc) is 2.11. The lowest BCUT2D eigenvalue weighted by Crippen LogP contribution is -2.38. The Bertz CT molecular complexity index is 192. The van der Waals surface area contributed by atoms with Crippen LogP contribution >= 0.6 is 0 Å². The Morgan fingerprint density at radius 3 is 2.08 bits per heavy atom. The third-order valence-corrected chi connectivity index (χ3v) is 1.59. The van der Waals surface area contributed by atoms with Crippen LogP contribution in [0.3, 0.4) is 0 Å². The summed E-state index contributed by atoms with van der Waals surface area (Å²) in [7, 11) is 6.57. The van der Waals surface area contributed by atoms with Crippen molar-refractivity contribution in [2.75, 3.05) is 41.3 Å². The van der Waals surface area contributed by atoms with Gasteiger partial charge < -0.3 is 14.5 Å². The Morgan fingerprint density at radius 1 is 1.15 bits per heavy atom. The minimum atomic E-state index is -0.818. The maximum Gasteiger partial charge on any atom is 0.396 e. The summed E-state index contributed by atoms with van der Waals surface area (Å²) in [6.07, 6.45) is 0. The van der Waals surface area contributed by atoms with Gasteiger partial charge in [0.2, 0.25) is 0 Å². The molecule has 0 aliphatic rings. The predicted molar refractivity (Wildman–Crippen MR) is 48.2 cm³/mol. The maximum atomic E-state index is 11.1. The zero-order valence-electron chi connectivity index (χ0n) is 8.53. The monoisotopic (exact) mass is 188 g/mol. The van der Waals surface area contributed by atoms with E-state index in [1.165, 1.54) is 12.0 Å². The second kappa shape index (κ2) is 5.53. The van der Waals surface area contributed by atoms with Gasteiger partial charge in [0.1, 0.15) is 0 Å². The van der Waals surface area contributed by atoms with Crippen molar-refractivity contribution in [1.29, 1.82) is 0 Å². The van der Waals surface area contributed by atoms with Gasteiger partial charge in [-0.1, -0.05) is 0 Å². The van der Waals surface area contributed by atoms with Crippen LogP contribution in [0.25, 0.3) is 0 Å². The number of ether oxygens (including phenoxy) is 1. The molecule has 0 aromatic heterocycles. The lowest BCUT2D eigenvalue weighted by atomic mass is 10.4. The van der Waals surface area contributed by atoms with Crippen molar-refractivity contribution < 1.29 is 14.3 Å². The van der Waals surface area contributed by atoms with Crippen molar-refractivity contribution in [3.05, 3.63) is 0 Å². The van der Waals surface area contributed by atoms with Gasteiger partial charge in [-0.2, -0.15) is 0 Å². The van der Waals surface area contributed by atoms with Crippen LogP contribution in [0.5, 0.6) is 0 Å². The maximum absolute atomic E-state index is 11.1. The van der Waals surface area contributed by atoms with E-state index in [0.717, 1.165) is 6.54 Å². The van der Waals surface area contributed by atoms with Crippen LogP contribution in [0.1, 0.15) is 0 Å². The first kappa shape index (κ1) is 11.9. The topological polar surface area (TPSA) is 49.9 Å². The number of rotatable bonds is 3. The summed E-state index contributed by atoms with van der Waals surface area (Å²) in [6.45, 7) is 1.24. The molecule has 0 bridgehead atoms. The van der Waals surface area contributed by atoms with Gasteiger partial charge in [0, 0.05) is 20.1 Å². The van der Waals surface area contributed by atoms with Gasteiger partial charge >= 0.3 is 11.9 Å². The predicted octanol–water partition coefficient (Wildman–Crippen LogP) is -0.821. The molecular formula is C8H16N2O3. The first-order valence-corrected chi connectivity index (χ1v) is 3.97. The Hall–Kier alpha value is -1.10. The Labute approximate surface area is 78.3 Å². The highest BCUT2D eigenvalue weighted by molar-refractivity contribution is 6.32. The molecule has 0 rings (SSSR count). The van der Waals surface area contributed by atoms with Crippen LogP contribution in [0, 0.1) is 0 Å². The number of methoxy groups -OCH3 is 1. The zero-order valence-corrected chi connectivity index (χ0v) is 8.53. The summed E-state index contributed by atoms with van der Waals surface area (Å²) in [6, 6.07) is 0. The summed E-state index contributed by atoms with van der Waals surface area (Å²) in [5.41, 5.74) is 0. The van der Waals surface area contributed by atoms with Gasteiger partial charge in [-0.15, -0.1) is 0 Å². The molecule has 0 fully saturated rings. The lowest BCUT2D eigenvalue weighted by Gasteiger charge is -2.17. The number of carbonyl (C=O) groups excluding carboxylic acids is 2. The Balaban J connectivity index is 3.89. The molecule has 0 N–H and O–H groups in total. The van der Waals surface area contributed by atoms with Crippen LogP contribution in [0.4, 0.5) is 0 Å². The van der Waals surface area contributed by atoms with Gasteiger partial charge in [-0.05, 0) is 14.1 Å². The van der Waals surface area contributed by atoms with Crippen LogP contribution in [0.2, 0.25) is 0 Å². The fraction of sp³-hybridized carbons (Fsp3) is 0.750. The molecule has 0 saturated carbocycles. The van der Waals surface area contributed by atoms with Crippen molar-refractivity contribution in [3.8, 4) is 0 Å². The van der Waals surface area contributed by atoms with E-state index in [1.54, 1.807) is 7.05 Å². The molecule has 0 aromatic rings. The molecule has 0 aliphatic heterocycles. The first-order valence-electron chi connectivity index (χ1n) is 3.97. The van der Waals surface area contributed by atoms with Crippen LogP contribution < -0.4 is 0 Å². The smallest absolute Gasteiger partial charge is 0.396 e. The van der Waals surface area contributed by atoms with Gasteiger partial charge in [0.15, 0.2) is 0 Å². The molecule has 76 valence electrons. The molecule has 5 heteroatoms. The summed E-state index contributed by atoms with van der Waals surface area (Å²) in [5.74, 6) is -1.43. The molecule has 0 radical (unpaired) electrons. The molecule has 5 nitrogen and oxygen atoms in total. The third kappa shape index (κ3) is 4.47. The van der Waals surface area contributed by atoms with E-state index < -0.39 is 11.9 Å². The Morgan fingerprint density at radius 2 is 1.69 bits per heavy atom. The molecule has 0 aliphatic carbocycles. The molecule has 0 heterocycles. The lowest BCUT2D eigenvalue weighted by molar-refractivity contribution is -0.157. The molecule has 0 saturated heterocycles. The van der Waals surface area contributed by atoms with Gasteiger partial charge in [0.05, 0.1) is 7.11 Å². The summed E-state index contributed by atoms with van der Waals surface area (Å²) < 4.78 is 4.30. The number of likely N-dealkylation sites (N-methyl/N-ethyl adjacent to an activating group) is 2. The van der Waals surface area contributed by atoms with Crippen molar-refractivity contribution in [3.63, 3.8) is 0 Å². The number of nitrogens with zero attached hydrogens (tertiary/aromatic N) is 2. The quantitative estimate of drug-likeness (QED) is 0.429. The molecule has 0 aromatic carbocycles. The number of esters is 1. The second-order valence-electron chi connectivity index (χ2n) is 3.02. The van der Waals surface area contributed by atoms with Crippen molar-refractivity contribution >= 4 is 11.9 Å². The van der Waals surface area contributed by atoms with Crippen LogP contribution in [-0.2, 0) is 14.3 Å². The summed E-state index contributed by atoms with van der Waals surface area (Å²) in [5, 5.41) is 0. The number of hydrogen-bond donors (Lipinski definition) is 0. The fourth-order valence-electron chi connectivity index (χ4n) is 0.695. The van der Waals surface area contributed by atoms with E-state index in [1.807, 2.05) is 19.0 Å². The normalized spacial score (nSPS) is 9.92. The molecule has 13 heavy (non-hydrogen) atoms. The molecule has 0 spiro atoms. The summed E-state index contributed by atoms with van der Waals surface area (Å²) >= 11 is 0. The van der Waals surface area contributed by atoms with Crippen LogP contribution in [-0.4, -0.2) is 63.0 Å². The van der Waals surface area contributed by atoms with E-state index in [9.17, 15) is 9.59 Å². The van der Waals surface area contributed by atoms with E-state index in [0.29, 0.717) is 6.54 Å². The summed E-state index contributed by atoms with van der Waals surface area (Å²) in [4.78, 5) is 25.2.